The highest BCUT2D eigenvalue weighted by Crippen LogP contribution is 2.21. The van der Waals surface area contributed by atoms with E-state index < -0.39 is 10.0 Å². The van der Waals surface area contributed by atoms with Crippen molar-refractivity contribution in [1.82, 2.24) is 4.31 Å². The van der Waals surface area contributed by atoms with Gasteiger partial charge in [0.2, 0.25) is 10.0 Å². The molecule has 0 aromatic heterocycles. The first-order valence-electron chi connectivity index (χ1n) is 7.18. The van der Waals surface area contributed by atoms with Gasteiger partial charge in [-0.2, -0.15) is 0 Å². The molecule has 1 aromatic carbocycles. The van der Waals surface area contributed by atoms with Gasteiger partial charge in [0.05, 0.1) is 12.4 Å². The van der Waals surface area contributed by atoms with Crippen LogP contribution >= 0.6 is 0 Å². The number of piperidine rings is 1. The molecule has 1 aromatic rings. The average molecular weight is 297 g/mol. The van der Waals surface area contributed by atoms with E-state index in [1.807, 2.05) is 31.2 Å². The first-order valence-corrected chi connectivity index (χ1v) is 8.79. The summed E-state index contributed by atoms with van der Waals surface area (Å²) in [5, 5.41) is 0. The van der Waals surface area contributed by atoms with Crippen LogP contribution in [0.3, 0.4) is 0 Å². The van der Waals surface area contributed by atoms with E-state index in [-0.39, 0.29) is 11.7 Å². The van der Waals surface area contributed by atoms with Gasteiger partial charge in [0.25, 0.3) is 0 Å². The Kier molecular flexibility index (Phi) is 5.05. The second-order valence-corrected chi connectivity index (χ2v) is 7.65. The van der Waals surface area contributed by atoms with Crippen molar-refractivity contribution >= 4 is 10.0 Å². The van der Waals surface area contributed by atoms with Crippen molar-refractivity contribution < 1.29 is 13.2 Å². The quantitative estimate of drug-likeness (QED) is 0.838. The molecular formula is C15H23NO3S. The van der Waals surface area contributed by atoms with Crippen LogP contribution in [0.2, 0.25) is 0 Å². The summed E-state index contributed by atoms with van der Waals surface area (Å²) < 4.78 is 31.2. The van der Waals surface area contributed by atoms with E-state index in [4.69, 9.17) is 4.74 Å². The van der Waals surface area contributed by atoms with Crippen LogP contribution in [0.15, 0.2) is 24.3 Å². The number of sulfonamides is 1. The molecule has 1 fully saturated rings. The fourth-order valence-corrected chi connectivity index (χ4v) is 3.73. The SMILES string of the molecule is CCS(=O)(=O)N1CCCC(COc2cccc(C)c2)C1. The number of hydrogen-bond donors (Lipinski definition) is 0. The highest BCUT2D eigenvalue weighted by molar-refractivity contribution is 7.89. The van der Waals surface area contributed by atoms with Crippen LogP contribution in [0.4, 0.5) is 0 Å². The lowest BCUT2D eigenvalue weighted by Gasteiger charge is -2.31. The molecule has 1 heterocycles. The topological polar surface area (TPSA) is 46.6 Å². The lowest BCUT2D eigenvalue weighted by atomic mass is 10.0. The van der Waals surface area contributed by atoms with E-state index in [1.165, 1.54) is 5.56 Å². The summed E-state index contributed by atoms with van der Waals surface area (Å²) in [6.07, 6.45) is 1.95. The minimum atomic E-state index is -3.07. The molecular weight excluding hydrogens is 274 g/mol. The van der Waals surface area contributed by atoms with Crippen LogP contribution in [-0.2, 0) is 10.0 Å². The van der Waals surface area contributed by atoms with Gasteiger partial charge < -0.3 is 4.74 Å². The number of ether oxygens (including phenoxy) is 1. The number of nitrogens with zero attached hydrogens (tertiary/aromatic N) is 1. The molecule has 1 atom stereocenters. The smallest absolute Gasteiger partial charge is 0.213 e. The third-order valence-electron chi connectivity index (χ3n) is 3.72. The second kappa shape index (κ2) is 6.59. The summed E-state index contributed by atoms with van der Waals surface area (Å²) in [7, 11) is -3.07. The van der Waals surface area contributed by atoms with Gasteiger partial charge in [-0.3, -0.25) is 0 Å². The molecule has 20 heavy (non-hydrogen) atoms. The molecule has 1 aliphatic rings. The van der Waals surface area contributed by atoms with Crippen LogP contribution in [0.25, 0.3) is 0 Å². The van der Waals surface area contributed by atoms with E-state index in [0.29, 0.717) is 19.7 Å². The predicted octanol–water partition coefficient (Wildman–Crippen LogP) is 2.44. The molecule has 0 saturated carbocycles. The third-order valence-corrected chi connectivity index (χ3v) is 5.56. The van der Waals surface area contributed by atoms with Crippen molar-refractivity contribution in [3.8, 4) is 5.75 Å². The molecule has 0 radical (unpaired) electrons. The van der Waals surface area contributed by atoms with Gasteiger partial charge in [0, 0.05) is 19.0 Å². The fourth-order valence-electron chi connectivity index (χ4n) is 2.52. The highest BCUT2D eigenvalue weighted by atomic mass is 32.2. The van der Waals surface area contributed by atoms with E-state index in [9.17, 15) is 8.42 Å². The predicted molar refractivity (Wildman–Crippen MR) is 80.4 cm³/mol. The number of aryl methyl sites for hydroxylation is 1. The van der Waals surface area contributed by atoms with E-state index in [0.717, 1.165) is 18.6 Å². The normalized spacial score (nSPS) is 20.8. The zero-order valence-electron chi connectivity index (χ0n) is 12.2. The fraction of sp³-hybridized carbons (Fsp3) is 0.600. The Hall–Kier alpha value is -1.07. The van der Waals surface area contributed by atoms with Crippen LogP contribution in [0, 0.1) is 12.8 Å². The molecule has 0 amide bonds. The van der Waals surface area contributed by atoms with Crippen LogP contribution in [-0.4, -0.2) is 38.2 Å². The van der Waals surface area contributed by atoms with E-state index >= 15 is 0 Å². The molecule has 1 unspecified atom stereocenters. The maximum Gasteiger partial charge on any atom is 0.213 e. The zero-order valence-corrected chi connectivity index (χ0v) is 13.0. The summed E-state index contributed by atoms with van der Waals surface area (Å²) in [6, 6.07) is 7.95. The van der Waals surface area contributed by atoms with Crippen molar-refractivity contribution in [3.63, 3.8) is 0 Å². The molecule has 1 aliphatic heterocycles. The lowest BCUT2D eigenvalue weighted by molar-refractivity contribution is 0.180. The van der Waals surface area contributed by atoms with Crippen LogP contribution < -0.4 is 4.74 Å². The molecule has 0 N–H and O–H groups in total. The van der Waals surface area contributed by atoms with Crippen molar-refractivity contribution in [2.24, 2.45) is 5.92 Å². The minimum Gasteiger partial charge on any atom is -0.493 e. The molecule has 2 rings (SSSR count). The molecule has 5 heteroatoms. The van der Waals surface area contributed by atoms with Crippen LogP contribution in [0.5, 0.6) is 5.75 Å². The Morgan fingerprint density at radius 3 is 2.90 bits per heavy atom. The Balaban J connectivity index is 1.90. The summed E-state index contributed by atoms with van der Waals surface area (Å²) in [5.41, 5.74) is 1.17. The van der Waals surface area contributed by atoms with Crippen molar-refractivity contribution in [2.45, 2.75) is 26.7 Å². The molecule has 4 nitrogen and oxygen atoms in total. The summed E-state index contributed by atoms with van der Waals surface area (Å²) >= 11 is 0. The number of rotatable bonds is 5. The molecule has 1 saturated heterocycles. The zero-order chi connectivity index (χ0) is 14.6. The second-order valence-electron chi connectivity index (χ2n) is 5.39. The molecule has 0 bridgehead atoms. The maximum atomic E-state index is 11.9. The Bertz CT molecular complexity index is 542. The van der Waals surface area contributed by atoms with Crippen molar-refractivity contribution in [1.29, 1.82) is 0 Å². The summed E-state index contributed by atoms with van der Waals surface area (Å²) in [4.78, 5) is 0. The summed E-state index contributed by atoms with van der Waals surface area (Å²) in [6.45, 7) is 5.55. The standard InChI is InChI=1S/C15H23NO3S/c1-3-20(17,18)16-9-5-7-14(11-16)12-19-15-8-4-6-13(2)10-15/h4,6,8,10,14H,3,5,7,9,11-12H2,1-2H3. The Morgan fingerprint density at radius 1 is 1.40 bits per heavy atom. The molecule has 0 spiro atoms. The highest BCUT2D eigenvalue weighted by Gasteiger charge is 2.27. The van der Waals surface area contributed by atoms with E-state index in [1.54, 1.807) is 11.2 Å². The Labute approximate surface area is 121 Å². The van der Waals surface area contributed by atoms with Crippen molar-refractivity contribution in [2.75, 3.05) is 25.4 Å². The first-order chi connectivity index (χ1) is 9.51. The van der Waals surface area contributed by atoms with Gasteiger partial charge in [0.15, 0.2) is 0 Å². The molecule has 0 aliphatic carbocycles. The van der Waals surface area contributed by atoms with Gasteiger partial charge in [-0.05, 0) is 44.4 Å². The number of benzene rings is 1. The van der Waals surface area contributed by atoms with Gasteiger partial charge in [-0.25, -0.2) is 12.7 Å². The van der Waals surface area contributed by atoms with Gasteiger partial charge in [-0.1, -0.05) is 12.1 Å². The monoisotopic (exact) mass is 297 g/mol. The average Bonchev–Trinajstić information content (AvgIpc) is 2.45. The van der Waals surface area contributed by atoms with Gasteiger partial charge in [-0.15, -0.1) is 0 Å². The first kappa shape index (κ1) is 15.3. The van der Waals surface area contributed by atoms with Crippen molar-refractivity contribution in [3.05, 3.63) is 29.8 Å². The maximum absolute atomic E-state index is 11.9. The largest absolute Gasteiger partial charge is 0.493 e. The Morgan fingerprint density at radius 2 is 2.20 bits per heavy atom. The molecule has 112 valence electrons. The lowest BCUT2D eigenvalue weighted by Crippen LogP contribution is -2.42. The minimum absolute atomic E-state index is 0.179. The van der Waals surface area contributed by atoms with Gasteiger partial charge in [0.1, 0.15) is 5.75 Å². The number of hydrogen-bond acceptors (Lipinski definition) is 3. The summed E-state index contributed by atoms with van der Waals surface area (Å²) in [5.74, 6) is 1.32. The van der Waals surface area contributed by atoms with E-state index in [2.05, 4.69) is 0 Å². The van der Waals surface area contributed by atoms with Gasteiger partial charge >= 0.3 is 0 Å². The van der Waals surface area contributed by atoms with Crippen LogP contribution in [0.1, 0.15) is 25.3 Å². The third kappa shape index (κ3) is 3.96.